The van der Waals surface area contributed by atoms with Crippen molar-refractivity contribution in [3.05, 3.63) is 176 Å². The number of anilines is 3. The van der Waals surface area contributed by atoms with Crippen LogP contribution in [0.4, 0.5) is 17.1 Å². The lowest BCUT2D eigenvalue weighted by Crippen LogP contribution is -2.10. The van der Waals surface area contributed by atoms with Gasteiger partial charge in [-0.2, -0.15) is 0 Å². The third kappa shape index (κ3) is 6.90. The number of furan rings is 1. The summed E-state index contributed by atoms with van der Waals surface area (Å²) in [6.07, 6.45) is 0. The number of nitrogens with zero attached hydrogens (tertiary/aromatic N) is 1. The van der Waals surface area contributed by atoms with Crippen LogP contribution in [0.5, 0.6) is 57.5 Å². The molecule has 0 atom stereocenters. The van der Waals surface area contributed by atoms with Crippen LogP contribution >= 0.6 is 11.3 Å². The third-order valence-corrected chi connectivity index (χ3v) is 15.3. The molecule has 11 aromatic carbocycles. The first-order valence-electron chi connectivity index (χ1n) is 23.6. The maximum Gasteiger partial charge on any atom is 0.208 e. The highest BCUT2D eigenvalue weighted by Crippen LogP contribution is 2.57. The van der Waals surface area contributed by atoms with Crippen LogP contribution in [0.25, 0.3) is 108 Å². The van der Waals surface area contributed by atoms with E-state index in [2.05, 4.69) is 42.5 Å². The molecule has 2 heterocycles. The smallest absolute Gasteiger partial charge is 0.208 e. The first kappa shape index (κ1) is 44.7. The van der Waals surface area contributed by atoms with Gasteiger partial charge in [-0.05, 0) is 116 Å². The molecule has 0 aliphatic rings. The van der Waals surface area contributed by atoms with Gasteiger partial charge in [-0.25, -0.2) is 0 Å². The van der Waals surface area contributed by atoms with Crippen molar-refractivity contribution in [3.8, 4) is 102 Å². The third-order valence-electron chi connectivity index (χ3n) is 14.1. The van der Waals surface area contributed by atoms with Crippen LogP contribution in [-0.4, -0.2) is 51.1 Å². The van der Waals surface area contributed by atoms with E-state index in [1.807, 2.05) is 97.1 Å². The molecule has 10 N–H and O–H groups in total. The minimum atomic E-state index is -1.12. The lowest BCUT2D eigenvalue weighted by Gasteiger charge is -2.28. The Morgan fingerprint density at radius 1 is 0.307 bits per heavy atom. The van der Waals surface area contributed by atoms with Crippen molar-refractivity contribution in [1.82, 2.24) is 0 Å². The van der Waals surface area contributed by atoms with Gasteiger partial charge in [0.1, 0.15) is 11.2 Å². The van der Waals surface area contributed by atoms with Gasteiger partial charge in [0.2, 0.25) is 34.5 Å². The van der Waals surface area contributed by atoms with E-state index in [1.54, 1.807) is 46.6 Å². The number of hydrogen-bond donors (Lipinski definition) is 10. The Kier molecular flexibility index (Phi) is 9.93. The second-order valence-electron chi connectivity index (χ2n) is 18.4. The molecule has 0 aliphatic heterocycles. The summed E-state index contributed by atoms with van der Waals surface area (Å²) in [5.41, 5.74) is 5.00. The van der Waals surface area contributed by atoms with Crippen LogP contribution < -0.4 is 4.90 Å². The number of phenols is 10. The minimum absolute atomic E-state index is 0.0876. The van der Waals surface area contributed by atoms with Crippen molar-refractivity contribution in [3.63, 3.8) is 0 Å². The average molecular weight is 1010 g/mol. The molecule has 13 rings (SSSR count). The van der Waals surface area contributed by atoms with E-state index < -0.39 is 63.1 Å². The molecular formula is C62H39NO11S. The van der Waals surface area contributed by atoms with E-state index in [-0.39, 0.29) is 16.7 Å². The first-order chi connectivity index (χ1) is 36.3. The molecule has 364 valence electrons. The highest BCUT2D eigenvalue weighted by molar-refractivity contribution is 7.26. The van der Waals surface area contributed by atoms with Gasteiger partial charge >= 0.3 is 0 Å². The number of benzene rings is 11. The van der Waals surface area contributed by atoms with Crippen LogP contribution in [0, 0.1) is 0 Å². The Hall–Kier alpha value is -10.2. The molecule has 0 fully saturated rings. The second-order valence-corrected chi connectivity index (χ2v) is 19.4. The zero-order valence-electron chi connectivity index (χ0n) is 39.0. The normalized spacial score (nSPS) is 11.7. The predicted octanol–water partition coefficient (Wildman–Crippen LogP) is 15.5. The number of aromatic hydroxyl groups is 10. The summed E-state index contributed by atoms with van der Waals surface area (Å²) in [4.78, 5) is 1.80. The van der Waals surface area contributed by atoms with Gasteiger partial charge in [0, 0.05) is 53.4 Å². The van der Waals surface area contributed by atoms with Gasteiger partial charge in [0.05, 0.1) is 11.1 Å². The number of fused-ring (bicyclic) bond motifs is 10. The van der Waals surface area contributed by atoms with Crippen LogP contribution in [0.3, 0.4) is 0 Å². The van der Waals surface area contributed by atoms with E-state index in [0.29, 0.717) is 39.4 Å². The summed E-state index contributed by atoms with van der Waals surface area (Å²) in [6, 6.07) is 55.9. The van der Waals surface area contributed by atoms with Gasteiger partial charge in [-0.1, -0.05) is 109 Å². The molecule has 0 aliphatic carbocycles. The molecule has 0 radical (unpaired) electrons. The van der Waals surface area contributed by atoms with Crippen LogP contribution in [0.15, 0.2) is 180 Å². The average Bonchev–Trinajstić information content (AvgIpc) is 4.02. The summed E-state index contributed by atoms with van der Waals surface area (Å²) in [6.45, 7) is 0. The van der Waals surface area contributed by atoms with E-state index >= 15 is 0 Å². The topological polar surface area (TPSA) is 219 Å². The molecule has 75 heavy (non-hydrogen) atoms. The van der Waals surface area contributed by atoms with Crippen molar-refractivity contribution in [2.45, 2.75) is 0 Å². The Bertz CT molecular complexity index is 4500. The molecular weight excluding hydrogens is 967 g/mol. The van der Waals surface area contributed by atoms with E-state index in [4.69, 9.17) is 4.42 Å². The molecule has 0 bridgehead atoms. The van der Waals surface area contributed by atoms with E-state index in [0.717, 1.165) is 42.8 Å². The van der Waals surface area contributed by atoms with Crippen molar-refractivity contribution < 1.29 is 55.5 Å². The highest BCUT2D eigenvalue weighted by atomic mass is 32.1. The number of phenolic OH excluding ortho intramolecular Hbond substituents is 10. The van der Waals surface area contributed by atoms with Crippen molar-refractivity contribution in [1.29, 1.82) is 0 Å². The predicted molar refractivity (Wildman–Crippen MR) is 295 cm³/mol. The van der Waals surface area contributed by atoms with E-state index in [9.17, 15) is 51.1 Å². The Balaban J connectivity index is 1.02. The van der Waals surface area contributed by atoms with Gasteiger partial charge < -0.3 is 60.4 Å². The maximum atomic E-state index is 11.4. The van der Waals surface area contributed by atoms with E-state index in [1.165, 1.54) is 26.9 Å². The summed E-state index contributed by atoms with van der Waals surface area (Å²) in [5.74, 6) is -10.1. The van der Waals surface area contributed by atoms with Crippen molar-refractivity contribution >= 4 is 92.1 Å². The highest BCUT2D eigenvalue weighted by Gasteiger charge is 2.28. The lowest BCUT2D eigenvalue weighted by atomic mass is 9.94. The molecule has 13 aromatic rings. The number of hydrogen-bond acceptors (Lipinski definition) is 13. The standard InChI is InChI=1S/C62H39NO11S/c64-51-49(52(65)56(69)59(72)55(51)68)35-8-5-9-39(25-35)63(38-18-12-30(13-19-38)34-17-21-44-46-23-15-32-7-2-4-11-42(32)62(46)75-48(44)29-34)40-26-36(24-37(27-40)50-53(66)57(70)60(73)58(71)54(50)67)33-16-20-43-45-22-14-31-6-1-3-10-41(31)61(45)74-47(43)28-33/h1-29,64-73H. The molecule has 0 saturated carbocycles. The fraction of sp³-hybridized carbons (Fsp3) is 0. The molecule has 0 spiro atoms. The monoisotopic (exact) mass is 1010 g/mol. The Morgan fingerprint density at radius 3 is 1.51 bits per heavy atom. The Labute approximate surface area is 428 Å². The van der Waals surface area contributed by atoms with Crippen molar-refractivity contribution in [2.75, 3.05) is 4.90 Å². The fourth-order valence-electron chi connectivity index (χ4n) is 10.4. The first-order valence-corrected chi connectivity index (χ1v) is 24.4. The van der Waals surface area contributed by atoms with Gasteiger partial charge in [-0.15, -0.1) is 11.3 Å². The largest absolute Gasteiger partial charge is 0.504 e. The number of rotatable bonds is 7. The molecule has 0 amide bonds. The van der Waals surface area contributed by atoms with Crippen LogP contribution in [0.2, 0.25) is 0 Å². The SMILES string of the molecule is Oc1c(O)c(O)c(-c2cccc(N(c3ccc(-c4ccc5c(c4)sc4c6ccccc6ccc54)cc3)c3cc(-c4ccc5c(c4)oc4c6ccccc6ccc54)cc(-c4c(O)c(O)c(O)c(O)c4O)c3)c2)c(O)c1O. The fourth-order valence-corrected chi connectivity index (χ4v) is 11.7. The zero-order valence-corrected chi connectivity index (χ0v) is 39.8. The number of thiophene rings is 1. The molecule has 12 nitrogen and oxygen atoms in total. The second kappa shape index (κ2) is 16.7. The summed E-state index contributed by atoms with van der Waals surface area (Å²) in [5, 5.41) is 117. The van der Waals surface area contributed by atoms with Gasteiger partial charge in [0.25, 0.3) is 0 Å². The lowest BCUT2D eigenvalue weighted by molar-refractivity contribution is 0.330. The van der Waals surface area contributed by atoms with Gasteiger partial charge in [0.15, 0.2) is 23.0 Å². The summed E-state index contributed by atoms with van der Waals surface area (Å²) < 4.78 is 8.90. The minimum Gasteiger partial charge on any atom is -0.504 e. The summed E-state index contributed by atoms with van der Waals surface area (Å²) in [7, 11) is 0. The molecule has 0 saturated heterocycles. The zero-order chi connectivity index (χ0) is 51.6. The molecule has 13 heteroatoms. The van der Waals surface area contributed by atoms with Gasteiger partial charge in [-0.3, -0.25) is 0 Å². The molecule has 2 aromatic heterocycles. The summed E-state index contributed by atoms with van der Waals surface area (Å²) >= 11 is 1.74. The quantitative estimate of drug-likeness (QED) is 0.0533. The maximum absolute atomic E-state index is 11.4. The van der Waals surface area contributed by atoms with Crippen molar-refractivity contribution in [2.24, 2.45) is 0 Å². The Morgan fingerprint density at radius 2 is 0.827 bits per heavy atom. The van der Waals surface area contributed by atoms with Crippen LogP contribution in [0.1, 0.15) is 0 Å². The van der Waals surface area contributed by atoms with Crippen LogP contribution in [-0.2, 0) is 0 Å². The molecule has 0 unspecified atom stereocenters.